The van der Waals surface area contributed by atoms with Gasteiger partial charge < -0.3 is 15.0 Å². The van der Waals surface area contributed by atoms with Gasteiger partial charge in [-0.05, 0) is 19.1 Å². The normalized spacial score (nSPS) is 10.8. The molecule has 0 aliphatic rings. The molecular formula is C11H15N3O. The van der Waals surface area contributed by atoms with Crippen molar-refractivity contribution in [2.45, 2.75) is 6.92 Å². The number of anilines is 1. The Morgan fingerprint density at radius 1 is 1.40 bits per heavy atom. The molecule has 2 N–H and O–H groups in total. The van der Waals surface area contributed by atoms with Gasteiger partial charge in [0, 0.05) is 13.1 Å². The Hall–Kier alpha value is -1.55. The number of hydrogen-bond donors (Lipinski definition) is 2. The molecule has 0 aliphatic heterocycles. The summed E-state index contributed by atoms with van der Waals surface area (Å²) in [6.07, 6.45) is 0. The number of rotatable bonds is 4. The molecular weight excluding hydrogens is 190 g/mol. The molecule has 1 aromatic heterocycles. The molecule has 1 heterocycles. The quantitative estimate of drug-likeness (QED) is 0.793. The lowest BCUT2D eigenvalue weighted by atomic mass is 10.3. The van der Waals surface area contributed by atoms with E-state index >= 15 is 0 Å². The molecule has 4 heteroatoms. The third-order valence-corrected chi connectivity index (χ3v) is 2.43. The molecule has 1 aromatic carbocycles. The topological polar surface area (TPSA) is 52.1 Å². The molecule has 15 heavy (non-hydrogen) atoms. The zero-order chi connectivity index (χ0) is 10.7. The van der Waals surface area contributed by atoms with Crippen molar-refractivity contribution in [1.29, 1.82) is 0 Å². The van der Waals surface area contributed by atoms with Gasteiger partial charge >= 0.3 is 0 Å². The molecule has 0 bridgehead atoms. The van der Waals surface area contributed by atoms with Crippen molar-refractivity contribution in [3.63, 3.8) is 0 Å². The number of likely N-dealkylation sites (N-methyl/N-ethyl adjacent to an activating group) is 1. The van der Waals surface area contributed by atoms with Crippen molar-refractivity contribution in [1.82, 2.24) is 9.97 Å². The van der Waals surface area contributed by atoms with Crippen LogP contribution in [-0.4, -0.2) is 34.8 Å². The first-order valence-corrected chi connectivity index (χ1v) is 5.15. The van der Waals surface area contributed by atoms with Crippen LogP contribution in [0, 0.1) is 0 Å². The number of fused-ring (bicyclic) bond motifs is 1. The number of aromatic nitrogens is 2. The van der Waals surface area contributed by atoms with E-state index in [0.29, 0.717) is 6.54 Å². The first kappa shape index (κ1) is 9.98. The van der Waals surface area contributed by atoms with Crippen molar-refractivity contribution < 1.29 is 5.11 Å². The van der Waals surface area contributed by atoms with Crippen LogP contribution in [0.1, 0.15) is 6.92 Å². The Balaban J connectivity index is 2.34. The Labute approximate surface area is 88.6 Å². The number of para-hydroxylation sites is 2. The predicted octanol–water partition coefficient (Wildman–Crippen LogP) is 1.38. The van der Waals surface area contributed by atoms with E-state index < -0.39 is 0 Å². The van der Waals surface area contributed by atoms with Crippen LogP contribution in [0.5, 0.6) is 0 Å². The third-order valence-electron chi connectivity index (χ3n) is 2.43. The summed E-state index contributed by atoms with van der Waals surface area (Å²) in [5.74, 6) is 0.827. The van der Waals surface area contributed by atoms with E-state index in [-0.39, 0.29) is 6.61 Å². The van der Waals surface area contributed by atoms with Crippen molar-refractivity contribution in [2.75, 3.05) is 24.6 Å². The second-order valence-corrected chi connectivity index (χ2v) is 3.38. The number of aliphatic hydroxyl groups is 1. The SMILES string of the molecule is CCN(CCO)c1nc2ccccc2[nH]1. The summed E-state index contributed by atoms with van der Waals surface area (Å²) in [5.41, 5.74) is 1.99. The van der Waals surface area contributed by atoms with Crippen molar-refractivity contribution in [3.8, 4) is 0 Å². The molecule has 0 aliphatic carbocycles. The van der Waals surface area contributed by atoms with Crippen LogP contribution in [0.4, 0.5) is 5.95 Å². The average molecular weight is 205 g/mol. The largest absolute Gasteiger partial charge is 0.395 e. The summed E-state index contributed by atoms with van der Waals surface area (Å²) in [4.78, 5) is 9.71. The molecule has 0 fully saturated rings. The van der Waals surface area contributed by atoms with Crippen molar-refractivity contribution in [2.24, 2.45) is 0 Å². The first-order chi connectivity index (χ1) is 7.35. The number of imidazole rings is 1. The fourth-order valence-electron chi connectivity index (χ4n) is 1.62. The molecule has 0 saturated carbocycles. The van der Waals surface area contributed by atoms with Gasteiger partial charge in [-0.1, -0.05) is 12.1 Å². The minimum absolute atomic E-state index is 0.144. The number of benzene rings is 1. The Morgan fingerprint density at radius 2 is 2.20 bits per heavy atom. The average Bonchev–Trinajstić information content (AvgIpc) is 2.69. The maximum atomic E-state index is 8.92. The fraction of sp³-hybridized carbons (Fsp3) is 0.364. The third kappa shape index (κ3) is 1.94. The van der Waals surface area contributed by atoms with Gasteiger partial charge in [0.25, 0.3) is 0 Å². The highest BCUT2D eigenvalue weighted by Gasteiger charge is 2.08. The van der Waals surface area contributed by atoms with Gasteiger partial charge in [-0.3, -0.25) is 0 Å². The summed E-state index contributed by atoms with van der Waals surface area (Å²) in [6.45, 7) is 3.63. The zero-order valence-corrected chi connectivity index (χ0v) is 8.77. The molecule has 80 valence electrons. The van der Waals surface area contributed by atoms with Crippen LogP contribution in [0.3, 0.4) is 0 Å². The Kier molecular flexibility index (Phi) is 2.87. The van der Waals surface area contributed by atoms with Gasteiger partial charge in [0.05, 0.1) is 17.6 Å². The smallest absolute Gasteiger partial charge is 0.203 e. The molecule has 0 atom stereocenters. The van der Waals surface area contributed by atoms with Crippen LogP contribution in [0.15, 0.2) is 24.3 Å². The molecule has 4 nitrogen and oxygen atoms in total. The highest BCUT2D eigenvalue weighted by Crippen LogP contribution is 2.16. The highest BCUT2D eigenvalue weighted by atomic mass is 16.3. The van der Waals surface area contributed by atoms with Gasteiger partial charge in [-0.15, -0.1) is 0 Å². The molecule has 2 rings (SSSR count). The first-order valence-electron chi connectivity index (χ1n) is 5.15. The number of hydrogen-bond acceptors (Lipinski definition) is 3. The summed E-state index contributed by atoms with van der Waals surface area (Å²) in [5, 5.41) is 8.92. The van der Waals surface area contributed by atoms with Crippen LogP contribution < -0.4 is 4.90 Å². The molecule has 0 spiro atoms. The summed E-state index contributed by atoms with van der Waals surface area (Å²) in [6, 6.07) is 7.92. The molecule has 0 unspecified atom stereocenters. The molecule has 0 radical (unpaired) electrons. The fourth-order valence-corrected chi connectivity index (χ4v) is 1.62. The summed E-state index contributed by atoms with van der Waals surface area (Å²) < 4.78 is 0. The van der Waals surface area contributed by atoms with E-state index in [1.807, 2.05) is 36.1 Å². The minimum atomic E-state index is 0.144. The maximum absolute atomic E-state index is 8.92. The monoisotopic (exact) mass is 205 g/mol. The second-order valence-electron chi connectivity index (χ2n) is 3.38. The molecule has 2 aromatic rings. The van der Waals surface area contributed by atoms with Crippen LogP contribution in [0.2, 0.25) is 0 Å². The van der Waals surface area contributed by atoms with E-state index in [0.717, 1.165) is 23.5 Å². The van der Waals surface area contributed by atoms with E-state index in [4.69, 9.17) is 5.11 Å². The van der Waals surface area contributed by atoms with E-state index in [1.165, 1.54) is 0 Å². The molecule has 0 saturated heterocycles. The highest BCUT2D eigenvalue weighted by molar-refractivity contribution is 5.77. The lowest BCUT2D eigenvalue weighted by Gasteiger charge is -2.17. The van der Waals surface area contributed by atoms with Crippen molar-refractivity contribution in [3.05, 3.63) is 24.3 Å². The van der Waals surface area contributed by atoms with E-state index in [2.05, 4.69) is 9.97 Å². The number of nitrogens with one attached hydrogen (secondary N) is 1. The predicted molar refractivity (Wildman–Crippen MR) is 61.1 cm³/mol. The standard InChI is InChI=1S/C11H15N3O/c1-2-14(7-8-15)11-12-9-5-3-4-6-10(9)13-11/h3-6,15H,2,7-8H2,1H3,(H,12,13). The lowest BCUT2D eigenvalue weighted by Crippen LogP contribution is -2.27. The number of aliphatic hydroxyl groups excluding tert-OH is 1. The zero-order valence-electron chi connectivity index (χ0n) is 8.77. The van der Waals surface area contributed by atoms with Gasteiger partial charge in [-0.25, -0.2) is 4.98 Å². The second kappa shape index (κ2) is 4.31. The van der Waals surface area contributed by atoms with E-state index in [9.17, 15) is 0 Å². The molecule has 0 amide bonds. The van der Waals surface area contributed by atoms with Gasteiger partial charge in [-0.2, -0.15) is 0 Å². The van der Waals surface area contributed by atoms with Gasteiger partial charge in [0.1, 0.15) is 0 Å². The van der Waals surface area contributed by atoms with E-state index in [1.54, 1.807) is 0 Å². The Morgan fingerprint density at radius 3 is 2.87 bits per heavy atom. The van der Waals surface area contributed by atoms with Crippen molar-refractivity contribution >= 4 is 17.0 Å². The maximum Gasteiger partial charge on any atom is 0.203 e. The van der Waals surface area contributed by atoms with Crippen LogP contribution >= 0.6 is 0 Å². The summed E-state index contributed by atoms with van der Waals surface area (Å²) in [7, 11) is 0. The lowest BCUT2D eigenvalue weighted by molar-refractivity contribution is 0.302. The Bertz CT molecular complexity index is 405. The summed E-state index contributed by atoms with van der Waals surface area (Å²) >= 11 is 0. The number of nitrogens with zero attached hydrogens (tertiary/aromatic N) is 2. The van der Waals surface area contributed by atoms with Crippen LogP contribution in [0.25, 0.3) is 11.0 Å². The van der Waals surface area contributed by atoms with Crippen LogP contribution in [-0.2, 0) is 0 Å². The number of aromatic amines is 1. The van der Waals surface area contributed by atoms with Gasteiger partial charge in [0.2, 0.25) is 5.95 Å². The minimum Gasteiger partial charge on any atom is -0.395 e. The number of H-pyrrole nitrogens is 1. The van der Waals surface area contributed by atoms with Gasteiger partial charge in [0.15, 0.2) is 0 Å².